The van der Waals surface area contributed by atoms with E-state index in [-0.39, 0.29) is 21.7 Å². The molecule has 0 bridgehead atoms. The first kappa shape index (κ1) is 13.5. The Kier molecular flexibility index (Phi) is 4.38. The summed E-state index contributed by atoms with van der Waals surface area (Å²) in [7, 11) is 0. The van der Waals surface area contributed by atoms with Gasteiger partial charge in [-0.25, -0.2) is 0 Å². The van der Waals surface area contributed by atoms with Crippen molar-refractivity contribution in [2.75, 3.05) is 19.6 Å². The van der Waals surface area contributed by atoms with Crippen molar-refractivity contribution in [1.82, 2.24) is 4.90 Å². The molecule has 1 saturated heterocycles. The second-order valence-electron chi connectivity index (χ2n) is 5.08. The highest BCUT2D eigenvalue weighted by Gasteiger charge is 2.33. The molecule has 0 aromatic heterocycles. The van der Waals surface area contributed by atoms with E-state index in [1.165, 1.54) is 11.8 Å². The lowest BCUT2D eigenvalue weighted by Gasteiger charge is -2.28. The molecule has 2 N–H and O–H groups in total. The molecule has 0 spiro atoms. The van der Waals surface area contributed by atoms with E-state index < -0.39 is 0 Å². The zero-order valence-corrected chi connectivity index (χ0v) is 11.0. The van der Waals surface area contributed by atoms with E-state index in [0.717, 1.165) is 0 Å². The van der Waals surface area contributed by atoms with Crippen molar-refractivity contribution >= 4 is 22.8 Å². The van der Waals surface area contributed by atoms with Crippen molar-refractivity contribution in [2.24, 2.45) is 11.1 Å². The van der Waals surface area contributed by atoms with E-state index in [4.69, 9.17) is 5.73 Å². The van der Waals surface area contributed by atoms with Gasteiger partial charge >= 0.3 is 0 Å². The third-order valence-electron chi connectivity index (χ3n) is 2.68. The Balaban J connectivity index is 2.51. The van der Waals surface area contributed by atoms with E-state index in [0.29, 0.717) is 26.1 Å². The van der Waals surface area contributed by atoms with Gasteiger partial charge in [-0.05, 0) is 12.0 Å². The number of nitrogens with zero attached hydrogens (tertiary/aromatic N) is 1. The van der Waals surface area contributed by atoms with Crippen LogP contribution in [0.1, 0.15) is 27.2 Å². The minimum atomic E-state index is -0.0502. The second-order valence-corrected chi connectivity index (χ2v) is 6.56. The Morgan fingerprint density at radius 2 is 2.25 bits per heavy atom. The van der Waals surface area contributed by atoms with Crippen LogP contribution in [-0.2, 0) is 9.59 Å². The molecule has 5 heteroatoms. The molecule has 1 aliphatic heterocycles. The van der Waals surface area contributed by atoms with Crippen molar-refractivity contribution in [3.8, 4) is 0 Å². The summed E-state index contributed by atoms with van der Waals surface area (Å²) in [6, 6.07) is 0. The van der Waals surface area contributed by atoms with Gasteiger partial charge in [0.1, 0.15) is 0 Å². The average Bonchev–Trinajstić information content (AvgIpc) is 2.45. The number of carbonyl (C=O) groups is 2. The Morgan fingerprint density at radius 1 is 1.62 bits per heavy atom. The van der Waals surface area contributed by atoms with Crippen LogP contribution in [0.15, 0.2) is 0 Å². The molecule has 1 atom stereocenters. The summed E-state index contributed by atoms with van der Waals surface area (Å²) in [4.78, 5) is 24.5. The molecular formula is C11H20N2O2S. The molecule has 16 heavy (non-hydrogen) atoms. The Labute approximate surface area is 101 Å². The minimum Gasteiger partial charge on any atom is -0.341 e. The smallest absolute Gasteiger partial charge is 0.223 e. The first-order chi connectivity index (χ1) is 7.34. The standard InChI is InChI=1S/C11H20N2O2S/c1-8(14)16-9-4-10(15)13(5-9)7-11(2,3)6-12/h9H,4-7,12H2,1-3H3. The molecule has 1 fully saturated rings. The predicted octanol–water partition coefficient (Wildman–Crippen LogP) is 0.852. The molecule has 0 aliphatic carbocycles. The highest BCUT2D eigenvalue weighted by molar-refractivity contribution is 8.14. The number of likely N-dealkylation sites (tertiary alicyclic amines) is 1. The maximum atomic E-state index is 11.7. The van der Waals surface area contributed by atoms with Crippen molar-refractivity contribution in [2.45, 2.75) is 32.4 Å². The Bertz CT molecular complexity index is 292. The largest absolute Gasteiger partial charge is 0.341 e. The van der Waals surface area contributed by atoms with Crippen LogP contribution in [0.2, 0.25) is 0 Å². The first-order valence-corrected chi connectivity index (χ1v) is 6.37. The third kappa shape index (κ3) is 3.79. The van der Waals surface area contributed by atoms with E-state index in [2.05, 4.69) is 0 Å². The van der Waals surface area contributed by atoms with Crippen molar-refractivity contribution < 1.29 is 9.59 Å². The van der Waals surface area contributed by atoms with Gasteiger partial charge in [-0.2, -0.15) is 0 Å². The van der Waals surface area contributed by atoms with Crippen molar-refractivity contribution in [3.05, 3.63) is 0 Å². The number of carbonyl (C=O) groups excluding carboxylic acids is 2. The molecule has 1 amide bonds. The van der Waals surface area contributed by atoms with Crippen LogP contribution in [0.3, 0.4) is 0 Å². The molecule has 1 heterocycles. The maximum Gasteiger partial charge on any atom is 0.223 e. The van der Waals surface area contributed by atoms with Gasteiger partial charge in [-0.15, -0.1) is 0 Å². The lowest BCUT2D eigenvalue weighted by Crippen LogP contribution is -2.39. The van der Waals surface area contributed by atoms with Crippen LogP contribution in [0.25, 0.3) is 0 Å². The zero-order valence-electron chi connectivity index (χ0n) is 10.2. The highest BCUT2D eigenvalue weighted by Crippen LogP contribution is 2.26. The van der Waals surface area contributed by atoms with Crippen LogP contribution in [0.5, 0.6) is 0 Å². The second kappa shape index (κ2) is 5.19. The highest BCUT2D eigenvalue weighted by atomic mass is 32.2. The Hall–Kier alpha value is -0.550. The summed E-state index contributed by atoms with van der Waals surface area (Å²) < 4.78 is 0. The molecule has 92 valence electrons. The summed E-state index contributed by atoms with van der Waals surface area (Å²) in [5.74, 6) is 0.139. The van der Waals surface area contributed by atoms with E-state index in [1.54, 1.807) is 6.92 Å². The molecule has 1 rings (SSSR count). The summed E-state index contributed by atoms with van der Waals surface area (Å²) >= 11 is 1.27. The fraction of sp³-hybridized carbons (Fsp3) is 0.818. The maximum absolute atomic E-state index is 11.7. The van der Waals surface area contributed by atoms with Crippen LogP contribution < -0.4 is 5.73 Å². The summed E-state index contributed by atoms with van der Waals surface area (Å²) in [6.07, 6.45) is 0.477. The number of hydrogen-bond acceptors (Lipinski definition) is 4. The number of hydrogen-bond donors (Lipinski definition) is 1. The van der Waals surface area contributed by atoms with Gasteiger partial charge in [0.05, 0.1) is 0 Å². The lowest BCUT2D eigenvalue weighted by molar-refractivity contribution is -0.128. The molecule has 0 aromatic rings. The van der Waals surface area contributed by atoms with E-state index >= 15 is 0 Å². The number of rotatable bonds is 4. The first-order valence-electron chi connectivity index (χ1n) is 5.49. The normalized spacial score (nSPS) is 21.6. The zero-order chi connectivity index (χ0) is 12.3. The van der Waals surface area contributed by atoms with Gasteiger partial charge in [-0.1, -0.05) is 25.6 Å². The third-order valence-corrected chi connectivity index (χ3v) is 3.66. The van der Waals surface area contributed by atoms with E-state index in [1.807, 2.05) is 18.7 Å². The number of thioether (sulfide) groups is 1. The van der Waals surface area contributed by atoms with Crippen LogP contribution in [0.4, 0.5) is 0 Å². The SMILES string of the molecule is CC(=O)SC1CC(=O)N(CC(C)(C)CN)C1. The molecule has 0 aromatic carbocycles. The summed E-state index contributed by atoms with van der Waals surface area (Å²) in [5.41, 5.74) is 5.60. The quantitative estimate of drug-likeness (QED) is 0.796. The molecule has 4 nitrogen and oxygen atoms in total. The van der Waals surface area contributed by atoms with Gasteiger partial charge < -0.3 is 10.6 Å². The fourth-order valence-corrected chi connectivity index (χ4v) is 2.73. The molecular weight excluding hydrogens is 224 g/mol. The van der Waals surface area contributed by atoms with Crippen LogP contribution in [0, 0.1) is 5.41 Å². The van der Waals surface area contributed by atoms with Gasteiger partial charge in [0, 0.05) is 31.7 Å². The monoisotopic (exact) mass is 244 g/mol. The van der Waals surface area contributed by atoms with Gasteiger partial charge in [0.25, 0.3) is 0 Å². The van der Waals surface area contributed by atoms with E-state index in [9.17, 15) is 9.59 Å². The molecule has 1 unspecified atom stereocenters. The van der Waals surface area contributed by atoms with Crippen molar-refractivity contribution in [3.63, 3.8) is 0 Å². The minimum absolute atomic E-state index is 0.0502. The lowest BCUT2D eigenvalue weighted by atomic mass is 9.93. The molecule has 0 radical (unpaired) electrons. The van der Waals surface area contributed by atoms with Gasteiger partial charge in [0.2, 0.25) is 5.91 Å². The van der Waals surface area contributed by atoms with Crippen LogP contribution >= 0.6 is 11.8 Å². The van der Waals surface area contributed by atoms with Crippen LogP contribution in [-0.4, -0.2) is 40.8 Å². The van der Waals surface area contributed by atoms with Gasteiger partial charge in [0.15, 0.2) is 5.12 Å². The predicted molar refractivity (Wildman–Crippen MR) is 66.1 cm³/mol. The average molecular weight is 244 g/mol. The van der Waals surface area contributed by atoms with Crippen molar-refractivity contribution in [1.29, 1.82) is 0 Å². The summed E-state index contributed by atoms with van der Waals surface area (Å²) in [6.45, 7) is 7.55. The fourth-order valence-electron chi connectivity index (χ4n) is 1.78. The number of nitrogens with two attached hydrogens (primary N) is 1. The topological polar surface area (TPSA) is 63.4 Å². The molecule has 1 aliphatic rings. The summed E-state index contributed by atoms with van der Waals surface area (Å²) in [5, 5.41) is 0.205. The Morgan fingerprint density at radius 3 is 2.75 bits per heavy atom. The molecule has 0 saturated carbocycles. The number of amides is 1. The van der Waals surface area contributed by atoms with Gasteiger partial charge in [-0.3, -0.25) is 9.59 Å².